The molecule has 1 unspecified atom stereocenters. The van der Waals surface area contributed by atoms with Gasteiger partial charge in [-0.3, -0.25) is 14.9 Å². The highest BCUT2D eigenvalue weighted by Crippen LogP contribution is 2.31. The standard InChI is InChI=1S/C21H27N3O4/c1-2-18(21(25)22-16-9-4-3-5-10-16)23(15-17-11-8-14-28-17)19-12-6-7-13-20(19)24(26)27/h6-8,11-14,16,18H,2-5,9-10,15H2,1H3,(H,22,25). The van der Waals surface area contributed by atoms with Gasteiger partial charge in [0.2, 0.25) is 5.91 Å². The van der Waals surface area contributed by atoms with Crippen molar-refractivity contribution < 1.29 is 14.1 Å². The van der Waals surface area contributed by atoms with Crippen LogP contribution in [0.2, 0.25) is 0 Å². The van der Waals surface area contributed by atoms with Gasteiger partial charge in [-0.05, 0) is 37.5 Å². The predicted molar refractivity (Wildman–Crippen MR) is 107 cm³/mol. The third kappa shape index (κ3) is 4.71. The molecule has 1 heterocycles. The van der Waals surface area contributed by atoms with Crippen LogP contribution in [0.25, 0.3) is 0 Å². The number of carbonyl (C=O) groups is 1. The van der Waals surface area contributed by atoms with Gasteiger partial charge in [0.1, 0.15) is 17.5 Å². The highest BCUT2D eigenvalue weighted by atomic mass is 16.6. The smallest absolute Gasteiger partial charge is 0.292 e. The molecular weight excluding hydrogens is 358 g/mol. The van der Waals surface area contributed by atoms with E-state index in [4.69, 9.17) is 4.42 Å². The summed E-state index contributed by atoms with van der Waals surface area (Å²) in [5.41, 5.74) is 0.410. The van der Waals surface area contributed by atoms with Gasteiger partial charge >= 0.3 is 0 Å². The molecule has 2 aromatic rings. The first-order chi connectivity index (χ1) is 13.6. The highest BCUT2D eigenvalue weighted by Gasteiger charge is 2.31. The van der Waals surface area contributed by atoms with Crippen molar-refractivity contribution in [2.45, 2.75) is 64.1 Å². The van der Waals surface area contributed by atoms with Gasteiger partial charge in [-0.25, -0.2) is 0 Å². The Morgan fingerprint density at radius 2 is 2.00 bits per heavy atom. The lowest BCUT2D eigenvalue weighted by molar-refractivity contribution is -0.384. The number of nitro groups is 1. The van der Waals surface area contributed by atoms with Crippen LogP contribution in [0.4, 0.5) is 11.4 Å². The Hall–Kier alpha value is -2.83. The Morgan fingerprint density at radius 3 is 2.64 bits per heavy atom. The third-order valence-electron chi connectivity index (χ3n) is 5.31. The maximum absolute atomic E-state index is 13.1. The molecular formula is C21H27N3O4. The molecule has 1 aromatic heterocycles. The van der Waals surface area contributed by atoms with Crippen LogP contribution in [0.15, 0.2) is 47.1 Å². The van der Waals surface area contributed by atoms with Gasteiger partial charge in [0.15, 0.2) is 0 Å². The number of nitro benzene ring substituents is 1. The SMILES string of the molecule is CCC(C(=O)NC1CCCCC1)N(Cc1ccco1)c1ccccc1[N+](=O)[O-]. The van der Waals surface area contributed by atoms with Crippen molar-refractivity contribution in [3.05, 3.63) is 58.5 Å². The monoisotopic (exact) mass is 385 g/mol. The second-order valence-electron chi connectivity index (χ2n) is 7.22. The zero-order chi connectivity index (χ0) is 19.9. The molecule has 7 heteroatoms. The summed E-state index contributed by atoms with van der Waals surface area (Å²) < 4.78 is 5.47. The fourth-order valence-electron chi connectivity index (χ4n) is 3.89. The second kappa shape index (κ2) is 9.39. The van der Waals surface area contributed by atoms with E-state index in [9.17, 15) is 14.9 Å². The number of para-hydroxylation sites is 2. The van der Waals surface area contributed by atoms with Crippen LogP contribution >= 0.6 is 0 Å². The summed E-state index contributed by atoms with van der Waals surface area (Å²) in [7, 11) is 0. The number of furan rings is 1. The van der Waals surface area contributed by atoms with E-state index in [0.29, 0.717) is 17.9 Å². The van der Waals surface area contributed by atoms with E-state index < -0.39 is 11.0 Å². The molecule has 1 amide bonds. The zero-order valence-electron chi connectivity index (χ0n) is 16.2. The Bertz CT molecular complexity index is 785. The largest absolute Gasteiger partial charge is 0.467 e. The highest BCUT2D eigenvalue weighted by molar-refractivity contribution is 5.86. The number of rotatable bonds is 8. The number of hydrogen-bond donors (Lipinski definition) is 1. The molecule has 7 nitrogen and oxygen atoms in total. The van der Waals surface area contributed by atoms with Crippen molar-refractivity contribution >= 4 is 17.3 Å². The van der Waals surface area contributed by atoms with Gasteiger partial charge in [0.25, 0.3) is 5.69 Å². The first-order valence-corrected chi connectivity index (χ1v) is 9.93. The van der Waals surface area contributed by atoms with Crippen LogP contribution in [-0.2, 0) is 11.3 Å². The van der Waals surface area contributed by atoms with Gasteiger partial charge in [-0.15, -0.1) is 0 Å². The maximum Gasteiger partial charge on any atom is 0.292 e. The summed E-state index contributed by atoms with van der Waals surface area (Å²) in [5.74, 6) is 0.571. The summed E-state index contributed by atoms with van der Waals surface area (Å²) in [4.78, 5) is 26.1. The summed E-state index contributed by atoms with van der Waals surface area (Å²) in [6.45, 7) is 2.21. The van der Waals surface area contributed by atoms with E-state index in [1.54, 1.807) is 35.4 Å². The topological polar surface area (TPSA) is 88.6 Å². The Labute approximate surface area is 164 Å². The van der Waals surface area contributed by atoms with E-state index >= 15 is 0 Å². The van der Waals surface area contributed by atoms with Crippen molar-refractivity contribution in [3.63, 3.8) is 0 Å². The molecule has 1 saturated carbocycles. The van der Waals surface area contributed by atoms with Crippen molar-refractivity contribution in [3.8, 4) is 0 Å². The molecule has 28 heavy (non-hydrogen) atoms. The van der Waals surface area contributed by atoms with Gasteiger partial charge in [-0.2, -0.15) is 0 Å². The predicted octanol–water partition coefficient (Wildman–Crippen LogP) is 4.42. The summed E-state index contributed by atoms with van der Waals surface area (Å²) >= 11 is 0. The van der Waals surface area contributed by atoms with Gasteiger partial charge in [0.05, 0.1) is 17.7 Å². The number of anilines is 1. The lowest BCUT2D eigenvalue weighted by Crippen LogP contribution is -2.50. The van der Waals surface area contributed by atoms with Crippen LogP contribution in [0, 0.1) is 10.1 Å². The summed E-state index contributed by atoms with van der Waals surface area (Å²) in [5, 5.41) is 14.7. The molecule has 1 aliphatic carbocycles. The molecule has 0 radical (unpaired) electrons. The number of nitrogens with zero attached hydrogens (tertiary/aromatic N) is 2. The van der Waals surface area contributed by atoms with E-state index in [0.717, 1.165) is 25.7 Å². The van der Waals surface area contributed by atoms with E-state index in [1.165, 1.54) is 12.5 Å². The van der Waals surface area contributed by atoms with Crippen LogP contribution in [0.3, 0.4) is 0 Å². The van der Waals surface area contributed by atoms with Crippen LogP contribution in [0.5, 0.6) is 0 Å². The molecule has 150 valence electrons. The van der Waals surface area contributed by atoms with Gasteiger partial charge in [0, 0.05) is 12.1 Å². The average molecular weight is 385 g/mol. The fourth-order valence-corrected chi connectivity index (χ4v) is 3.89. The molecule has 1 N–H and O–H groups in total. The minimum absolute atomic E-state index is 0.0158. The lowest BCUT2D eigenvalue weighted by atomic mass is 9.95. The maximum atomic E-state index is 13.1. The van der Waals surface area contributed by atoms with Crippen molar-refractivity contribution in [1.29, 1.82) is 0 Å². The van der Waals surface area contributed by atoms with Crippen molar-refractivity contribution in [2.75, 3.05) is 4.90 Å². The Kier molecular flexibility index (Phi) is 6.68. The molecule has 0 bridgehead atoms. The molecule has 0 saturated heterocycles. The summed E-state index contributed by atoms with van der Waals surface area (Å²) in [6, 6.07) is 9.80. The minimum atomic E-state index is -0.520. The van der Waals surface area contributed by atoms with E-state index in [1.807, 2.05) is 13.0 Å². The number of nitrogens with one attached hydrogen (secondary N) is 1. The molecule has 0 aliphatic heterocycles. The van der Waals surface area contributed by atoms with Crippen LogP contribution in [-0.4, -0.2) is 22.9 Å². The normalized spacial score (nSPS) is 15.8. The first-order valence-electron chi connectivity index (χ1n) is 9.93. The molecule has 1 atom stereocenters. The van der Waals surface area contributed by atoms with Crippen LogP contribution < -0.4 is 10.2 Å². The quantitative estimate of drug-likeness (QED) is 0.537. The molecule has 1 aliphatic rings. The van der Waals surface area contributed by atoms with Gasteiger partial charge in [-0.1, -0.05) is 38.3 Å². The fraction of sp³-hybridized carbons (Fsp3) is 0.476. The van der Waals surface area contributed by atoms with Gasteiger partial charge < -0.3 is 14.6 Å². The van der Waals surface area contributed by atoms with Crippen LogP contribution in [0.1, 0.15) is 51.2 Å². The third-order valence-corrected chi connectivity index (χ3v) is 5.31. The Morgan fingerprint density at radius 1 is 1.25 bits per heavy atom. The van der Waals surface area contributed by atoms with E-state index in [-0.39, 0.29) is 24.2 Å². The van der Waals surface area contributed by atoms with E-state index in [2.05, 4.69) is 5.32 Å². The number of carbonyl (C=O) groups excluding carboxylic acids is 1. The number of benzene rings is 1. The van der Waals surface area contributed by atoms with Crippen molar-refractivity contribution in [2.24, 2.45) is 0 Å². The zero-order valence-corrected chi connectivity index (χ0v) is 16.2. The summed E-state index contributed by atoms with van der Waals surface area (Å²) in [6.07, 6.45) is 7.55. The molecule has 3 rings (SSSR count). The lowest BCUT2D eigenvalue weighted by Gasteiger charge is -2.33. The number of hydrogen-bond acceptors (Lipinski definition) is 5. The molecule has 1 fully saturated rings. The minimum Gasteiger partial charge on any atom is -0.467 e. The van der Waals surface area contributed by atoms with Crippen molar-refractivity contribution in [1.82, 2.24) is 5.32 Å². The molecule has 0 spiro atoms. The Balaban J connectivity index is 1.90. The molecule has 1 aromatic carbocycles. The second-order valence-corrected chi connectivity index (χ2v) is 7.22. The number of amides is 1. The first kappa shape index (κ1) is 19.9. The average Bonchev–Trinajstić information content (AvgIpc) is 3.22.